The number of para-hydroxylation sites is 1. The van der Waals surface area contributed by atoms with Gasteiger partial charge in [-0.15, -0.1) is 0 Å². The molecule has 4 aromatic carbocycles. The number of aryl methyl sites for hydroxylation is 1. The smallest absolute Gasteiger partial charge is 0.185 e. The Morgan fingerprint density at radius 1 is 0.825 bits per heavy atom. The number of ketones is 3. The van der Waals surface area contributed by atoms with Crippen LogP contribution in [0, 0.1) is 12.3 Å². The topological polar surface area (TPSA) is 54.5 Å². The average Bonchev–Trinajstić information content (AvgIpc) is 3.39. The Labute approximate surface area is 241 Å². The van der Waals surface area contributed by atoms with Crippen molar-refractivity contribution in [3.8, 4) is 0 Å². The number of carbonyl (C=O) groups is 3. The molecule has 0 amide bonds. The summed E-state index contributed by atoms with van der Waals surface area (Å²) in [6.45, 7) is 1.96. The largest absolute Gasteiger partial charge is 0.352 e. The highest BCUT2D eigenvalue weighted by Crippen LogP contribution is 2.61. The number of anilines is 1. The Hall–Kier alpha value is -3.99. The molecule has 2 aliphatic heterocycles. The Morgan fingerprint density at radius 2 is 1.48 bits per heavy atom. The maximum absolute atomic E-state index is 14.7. The van der Waals surface area contributed by atoms with E-state index in [0.717, 1.165) is 16.8 Å². The first-order valence-corrected chi connectivity index (χ1v) is 13.9. The summed E-state index contributed by atoms with van der Waals surface area (Å²) >= 11 is 13.2. The van der Waals surface area contributed by atoms with Crippen LogP contribution in [0.25, 0.3) is 6.08 Å². The van der Waals surface area contributed by atoms with Gasteiger partial charge in [-0.1, -0.05) is 114 Å². The number of fused-ring (bicyclic) bond motifs is 5. The molecule has 3 atom stereocenters. The van der Waals surface area contributed by atoms with Gasteiger partial charge in [-0.25, -0.2) is 0 Å². The Kier molecular flexibility index (Phi) is 5.64. The van der Waals surface area contributed by atoms with Crippen molar-refractivity contribution >= 4 is 52.3 Å². The number of rotatable bonds is 3. The number of halogens is 2. The van der Waals surface area contributed by atoms with E-state index in [1.54, 1.807) is 54.6 Å². The zero-order valence-electron chi connectivity index (χ0n) is 21.5. The third-order valence-corrected chi connectivity index (χ3v) is 9.18. The van der Waals surface area contributed by atoms with Crippen molar-refractivity contribution in [2.24, 2.45) is 5.41 Å². The summed E-state index contributed by atoms with van der Waals surface area (Å²) in [5.74, 6) is -1.64. The van der Waals surface area contributed by atoms with Gasteiger partial charge >= 0.3 is 0 Å². The number of Topliss-reactive ketones (excluding diaryl/α,β-unsaturated/α-hetero) is 3. The minimum atomic E-state index is -1.60. The Balaban J connectivity index is 1.56. The number of carbonyl (C=O) groups excluding carboxylic acids is 3. The summed E-state index contributed by atoms with van der Waals surface area (Å²) in [5, 5.41) is 0.741. The molecular formula is C34H23Cl2NO3. The van der Waals surface area contributed by atoms with Gasteiger partial charge in [-0.05, 0) is 36.2 Å². The van der Waals surface area contributed by atoms with Gasteiger partial charge in [0.1, 0.15) is 11.5 Å². The van der Waals surface area contributed by atoms with Crippen LogP contribution in [-0.4, -0.2) is 29.4 Å². The normalized spacial score (nSPS) is 21.9. The number of hydrogen-bond donors (Lipinski definition) is 0. The van der Waals surface area contributed by atoms with Crippen molar-refractivity contribution in [3.63, 3.8) is 0 Å². The fourth-order valence-electron chi connectivity index (χ4n) is 6.90. The first-order valence-electron chi connectivity index (χ1n) is 13.1. The van der Waals surface area contributed by atoms with Crippen molar-refractivity contribution in [2.45, 2.75) is 24.9 Å². The summed E-state index contributed by atoms with van der Waals surface area (Å²) in [4.78, 5) is 45.9. The molecule has 1 saturated heterocycles. The van der Waals surface area contributed by atoms with E-state index in [1.165, 1.54) is 0 Å². The van der Waals surface area contributed by atoms with Gasteiger partial charge in [-0.3, -0.25) is 14.4 Å². The van der Waals surface area contributed by atoms with Crippen LogP contribution in [0.4, 0.5) is 5.69 Å². The predicted molar refractivity (Wildman–Crippen MR) is 158 cm³/mol. The molecular weight excluding hydrogens is 541 g/mol. The van der Waals surface area contributed by atoms with E-state index in [9.17, 15) is 14.4 Å². The third-order valence-electron chi connectivity index (χ3n) is 8.62. The second kappa shape index (κ2) is 9.02. The van der Waals surface area contributed by atoms with Crippen LogP contribution in [-0.2, 0) is 0 Å². The van der Waals surface area contributed by atoms with Gasteiger partial charge in [0, 0.05) is 38.3 Å². The third kappa shape index (κ3) is 3.30. The Bertz CT molecular complexity index is 1740. The van der Waals surface area contributed by atoms with E-state index in [1.807, 2.05) is 60.4 Å². The lowest BCUT2D eigenvalue weighted by atomic mass is 9.64. The van der Waals surface area contributed by atoms with E-state index in [0.29, 0.717) is 32.3 Å². The molecule has 40 heavy (non-hydrogen) atoms. The zero-order chi connectivity index (χ0) is 27.8. The standard InChI is InChI=1S/C34H23Cl2NO3/c1-19-10-12-21(13-11-19)31(38)30-29(25-16-15-22(35)18-26(25)36)34(32(39)23-7-3-4-8-24(23)33(34)40)28-17-14-20-6-2-5-9-27(20)37(28)30/h2-18,28-30H,1H3/t28-,29-,30-/m0/s1. The van der Waals surface area contributed by atoms with Crippen molar-refractivity contribution in [1.82, 2.24) is 0 Å². The predicted octanol–water partition coefficient (Wildman–Crippen LogP) is 7.62. The summed E-state index contributed by atoms with van der Waals surface area (Å²) in [7, 11) is 0. The molecule has 6 heteroatoms. The van der Waals surface area contributed by atoms with Crippen LogP contribution in [0.3, 0.4) is 0 Å². The van der Waals surface area contributed by atoms with Crippen LogP contribution in [0.5, 0.6) is 0 Å². The van der Waals surface area contributed by atoms with Crippen LogP contribution >= 0.6 is 23.2 Å². The molecule has 1 fully saturated rings. The number of hydrogen-bond acceptors (Lipinski definition) is 4. The highest BCUT2D eigenvalue weighted by Gasteiger charge is 2.71. The van der Waals surface area contributed by atoms with E-state index < -0.39 is 23.4 Å². The van der Waals surface area contributed by atoms with Gasteiger partial charge in [0.25, 0.3) is 0 Å². The molecule has 7 rings (SSSR count). The molecule has 1 spiro atoms. The second-order valence-electron chi connectivity index (χ2n) is 10.7. The van der Waals surface area contributed by atoms with Crippen molar-refractivity contribution in [2.75, 3.05) is 4.90 Å². The second-order valence-corrected chi connectivity index (χ2v) is 11.5. The van der Waals surface area contributed by atoms with Crippen LogP contribution in [0.2, 0.25) is 10.0 Å². The maximum atomic E-state index is 14.7. The summed E-state index contributed by atoms with van der Waals surface area (Å²) < 4.78 is 0. The lowest BCUT2D eigenvalue weighted by Gasteiger charge is -2.37. The fraction of sp³-hybridized carbons (Fsp3) is 0.147. The molecule has 0 unspecified atom stereocenters. The molecule has 0 radical (unpaired) electrons. The van der Waals surface area contributed by atoms with Crippen LogP contribution in [0.1, 0.15) is 53.7 Å². The summed E-state index contributed by atoms with van der Waals surface area (Å²) in [5.41, 5.74) is 2.93. The monoisotopic (exact) mass is 563 g/mol. The van der Waals surface area contributed by atoms with Crippen LogP contribution in [0.15, 0.2) is 97.1 Å². The van der Waals surface area contributed by atoms with E-state index in [4.69, 9.17) is 23.2 Å². The Morgan fingerprint density at radius 3 is 2.15 bits per heavy atom. The minimum Gasteiger partial charge on any atom is -0.352 e. The van der Waals surface area contributed by atoms with Crippen molar-refractivity contribution < 1.29 is 14.4 Å². The molecule has 0 saturated carbocycles. The van der Waals surface area contributed by atoms with Crippen molar-refractivity contribution in [3.05, 3.63) is 140 Å². The molecule has 0 bridgehead atoms. The van der Waals surface area contributed by atoms with Gasteiger partial charge < -0.3 is 4.90 Å². The summed E-state index contributed by atoms with van der Waals surface area (Å²) in [6, 6.07) is 25.5. The average molecular weight is 564 g/mol. The maximum Gasteiger partial charge on any atom is 0.185 e. The van der Waals surface area contributed by atoms with Crippen LogP contribution < -0.4 is 4.90 Å². The molecule has 4 aromatic rings. The molecule has 3 aliphatic rings. The molecule has 4 nitrogen and oxygen atoms in total. The highest BCUT2D eigenvalue weighted by atomic mass is 35.5. The first kappa shape index (κ1) is 25.0. The molecule has 2 heterocycles. The lowest BCUT2D eigenvalue weighted by Crippen LogP contribution is -2.48. The number of nitrogens with zero attached hydrogens (tertiary/aromatic N) is 1. The van der Waals surface area contributed by atoms with Gasteiger partial charge in [-0.2, -0.15) is 0 Å². The van der Waals surface area contributed by atoms with E-state index in [2.05, 4.69) is 0 Å². The fourth-order valence-corrected chi connectivity index (χ4v) is 7.43. The minimum absolute atomic E-state index is 0.181. The van der Waals surface area contributed by atoms with Gasteiger partial charge in [0.2, 0.25) is 0 Å². The highest BCUT2D eigenvalue weighted by molar-refractivity contribution is 6.36. The molecule has 0 N–H and O–H groups in total. The lowest BCUT2D eigenvalue weighted by molar-refractivity contribution is 0.0666. The number of benzene rings is 4. The van der Waals surface area contributed by atoms with E-state index in [-0.39, 0.29) is 17.3 Å². The molecule has 196 valence electrons. The van der Waals surface area contributed by atoms with Gasteiger partial charge in [0.15, 0.2) is 17.3 Å². The quantitative estimate of drug-likeness (QED) is 0.190. The molecule has 1 aliphatic carbocycles. The SMILES string of the molecule is Cc1ccc(C(=O)[C@@H]2[C@H](c3ccc(Cl)cc3Cl)C3(C(=O)c4ccccc4C3=O)[C@@H]3C=Cc4ccccc4N23)cc1. The summed E-state index contributed by atoms with van der Waals surface area (Å²) in [6.07, 6.45) is 3.85. The van der Waals surface area contributed by atoms with Gasteiger partial charge in [0.05, 0.1) is 6.04 Å². The van der Waals surface area contributed by atoms with E-state index >= 15 is 0 Å². The van der Waals surface area contributed by atoms with Crippen molar-refractivity contribution in [1.29, 1.82) is 0 Å². The molecule has 0 aromatic heterocycles. The zero-order valence-corrected chi connectivity index (χ0v) is 23.0. The first-order chi connectivity index (χ1) is 19.3.